The molecule has 2 heteroatoms. The van der Waals surface area contributed by atoms with Crippen molar-refractivity contribution in [1.29, 1.82) is 0 Å². The Bertz CT molecular complexity index is 438. The average molecular weight is 174 g/mol. The van der Waals surface area contributed by atoms with Crippen molar-refractivity contribution in [2.45, 2.75) is 26.2 Å². The van der Waals surface area contributed by atoms with E-state index < -0.39 is 0 Å². The normalized spacial score (nSPS) is 14.7. The third kappa shape index (κ3) is 1.48. The molecule has 2 rings (SSSR count). The monoisotopic (exact) mass is 174 g/mol. The van der Waals surface area contributed by atoms with Gasteiger partial charge in [0.05, 0.1) is 18.1 Å². The van der Waals surface area contributed by atoms with E-state index in [-0.39, 0.29) is 5.41 Å². The molecule has 0 aliphatic carbocycles. The zero-order valence-corrected chi connectivity index (χ0v) is 8.33. The Labute approximate surface area is 78.0 Å². The van der Waals surface area contributed by atoms with Gasteiger partial charge in [0.15, 0.2) is 0 Å². The number of pyridine rings is 1. The molecule has 0 N–H and O–H groups in total. The van der Waals surface area contributed by atoms with Crippen molar-refractivity contribution in [3.63, 3.8) is 0 Å². The molecule has 13 heavy (non-hydrogen) atoms. The molecule has 0 amide bonds. The highest BCUT2D eigenvalue weighted by Gasteiger charge is 2.15. The van der Waals surface area contributed by atoms with Gasteiger partial charge in [-0.15, -0.1) is 0 Å². The molecule has 1 aromatic rings. The maximum Gasteiger partial charge on any atom is 0.0831 e. The molecule has 1 aliphatic heterocycles. The topological polar surface area (TPSA) is 25.2 Å². The van der Waals surface area contributed by atoms with E-state index in [2.05, 4.69) is 42.9 Å². The van der Waals surface area contributed by atoms with Crippen molar-refractivity contribution < 1.29 is 0 Å². The molecule has 0 saturated heterocycles. The Morgan fingerprint density at radius 1 is 1.31 bits per heavy atom. The number of aromatic nitrogens is 1. The molecule has 0 radical (unpaired) electrons. The van der Waals surface area contributed by atoms with Crippen LogP contribution in [0, 0.1) is 0 Å². The fraction of sp³-hybridized carbons (Fsp3) is 0.455. The predicted octanol–water partition coefficient (Wildman–Crippen LogP) is 0.793. The second-order valence-electron chi connectivity index (χ2n) is 4.42. The molecule has 0 spiro atoms. The second kappa shape index (κ2) is 2.66. The first-order valence-electron chi connectivity index (χ1n) is 4.58. The first-order valence-corrected chi connectivity index (χ1v) is 4.58. The Kier molecular flexibility index (Phi) is 1.72. The summed E-state index contributed by atoms with van der Waals surface area (Å²) in [4.78, 5) is 8.71. The van der Waals surface area contributed by atoms with Gasteiger partial charge in [0.2, 0.25) is 0 Å². The van der Waals surface area contributed by atoms with Crippen LogP contribution in [0.5, 0.6) is 0 Å². The van der Waals surface area contributed by atoms with Gasteiger partial charge in [-0.05, 0) is 6.07 Å². The third-order valence-electron chi connectivity index (χ3n) is 2.26. The Morgan fingerprint density at radius 2 is 2.08 bits per heavy atom. The van der Waals surface area contributed by atoms with Crippen LogP contribution >= 0.6 is 0 Å². The van der Waals surface area contributed by atoms with Crippen LogP contribution in [-0.2, 0) is 5.41 Å². The zero-order chi connectivity index (χ0) is 9.47. The summed E-state index contributed by atoms with van der Waals surface area (Å²) in [6, 6.07) is 2.14. The lowest BCUT2D eigenvalue weighted by atomic mass is 9.91. The molecule has 1 aliphatic rings. The smallest absolute Gasteiger partial charge is 0.0831 e. The first-order chi connectivity index (χ1) is 6.07. The quantitative estimate of drug-likeness (QED) is 0.571. The molecule has 0 aromatic carbocycles. The van der Waals surface area contributed by atoms with Crippen LogP contribution in [0.15, 0.2) is 17.3 Å². The summed E-state index contributed by atoms with van der Waals surface area (Å²) in [7, 11) is 0. The van der Waals surface area contributed by atoms with E-state index in [1.165, 1.54) is 5.22 Å². The van der Waals surface area contributed by atoms with Crippen molar-refractivity contribution in [3.8, 4) is 0 Å². The summed E-state index contributed by atoms with van der Waals surface area (Å²) in [5, 5.41) is 2.27. The Hall–Kier alpha value is -1.18. The van der Waals surface area contributed by atoms with Gasteiger partial charge in [-0.1, -0.05) is 26.8 Å². The molecular formula is C11H14N2. The van der Waals surface area contributed by atoms with Crippen LogP contribution in [0.25, 0.3) is 6.08 Å². The van der Waals surface area contributed by atoms with Crippen LogP contribution in [0.2, 0.25) is 0 Å². The lowest BCUT2D eigenvalue weighted by Gasteiger charge is -2.16. The fourth-order valence-corrected chi connectivity index (χ4v) is 1.41. The van der Waals surface area contributed by atoms with E-state index in [0.29, 0.717) is 0 Å². The van der Waals surface area contributed by atoms with Crippen molar-refractivity contribution in [1.82, 2.24) is 4.98 Å². The van der Waals surface area contributed by atoms with Crippen molar-refractivity contribution >= 4 is 6.08 Å². The summed E-state index contributed by atoms with van der Waals surface area (Å²) in [6.07, 6.45) is 4.02. The van der Waals surface area contributed by atoms with Crippen LogP contribution in [0.1, 0.15) is 26.5 Å². The van der Waals surface area contributed by atoms with Crippen LogP contribution < -0.4 is 10.6 Å². The van der Waals surface area contributed by atoms with Crippen molar-refractivity contribution in [2.24, 2.45) is 4.99 Å². The van der Waals surface area contributed by atoms with Crippen LogP contribution in [0.4, 0.5) is 0 Å². The summed E-state index contributed by atoms with van der Waals surface area (Å²) >= 11 is 0. The Balaban J connectivity index is 2.62. The number of fused-ring (bicyclic) bond motifs is 1. The van der Waals surface area contributed by atoms with Gasteiger partial charge in [0, 0.05) is 16.3 Å². The Morgan fingerprint density at radius 3 is 2.77 bits per heavy atom. The molecule has 1 aromatic heterocycles. The van der Waals surface area contributed by atoms with Crippen LogP contribution in [-0.4, -0.2) is 11.5 Å². The van der Waals surface area contributed by atoms with E-state index in [0.717, 1.165) is 17.6 Å². The lowest BCUT2D eigenvalue weighted by molar-refractivity contribution is 0.567. The molecule has 2 nitrogen and oxygen atoms in total. The summed E-state index contributed by atoms with van der Waals surface area (Å²) in [5.74, 6) is 0. The maximum absolute atomic E-state index is 4.41. The van der Waals surface area contributed by atoms with Gasteiger partial charge in [-0.3, -0.25) is 9.98 Å². The molecule has 0 saturated carbocycles. The van der Waals surface area contributed by atoms with E-state index in [4.69, 9.17) is 0 Å². The first kappa shape index (κ1) is 8.42. The maximum atomic E-state index is 4.41. The molecule has 0 bridgehead atoms. The molecule has 2 heterocycles. The molecule has 0 fully saturated rings. The summed E-state index contributed by atoms with van der Waals surface area (Å²) in [6.45, 7) is 7.33. The van der Waals surface area contributed by atoms with E-state index in [9.17, 15) is 0 Å². The third-order valence-corrected chi connectivity index (χ3v) is 2.26. The number of nitrogens with zero attached hydrogens (tertiary/aromatic N) is 2. The highest BCUT2D eigenvalue weighted by molar-refractivity contribution is 5.30. The predicted molar refractivity (Wildman–Crippen MR) is 53.1 cm³/mol. The van der Waals surface area contributed by atoms with Gasteiger partial charge in [-0.2, -0.15) is 0 Å². The highest BCUT2D eigenvalue weighted by atomic mass is 14.8. The zero-order valence-electron chi connectivity index (χ0n) is 8.33. The summed E-state index contributed by atoms with van der Waals surface area (Å²) < 4.78 is 0. The summed E-state index contributed by atoms with van der Waals surface area (Å²) in [5.41, 5.74) is 1.27. The minimum absolute atomic E-state index is 0.130. The fourth-order valence-electron chi connectivity index (χ4n) is 1.41. The van der Waals surface area contributed by atoms with Crippen molar-refractivity contribution in [3.05, 3.63) is 28.5 Å². The minimum atomic E-state index is 0.130. The second-order valence-corrected chi connectivity index (χ2v) is 4.42. The largest absolute Gasteiger partial charge is 0.279 e. The van der Waals surface area contributed by atoms with Gasteiger partial charge < -0.3 is 0 Å². The molecule has 68 valence electrons. The number of hydrogen-bond acceptors (Lipinski definition) is 2. The lowest BCUT2D eigenvalue weighted by Crippen LogP contribution is -2.26. The van der Waals surface area contributed by atoms with Gasteiger partial charge in [0.1, 0.15) is 0 Å². The molecule has 0 atom stereocenters. The standard InChI is InChI=1S/C11H14N2/c1-11(2,3)10-6-8-4-5-12-9(8)7-13-10/h4,6-7H,5H2,1-3H3. The molecule has 0 unspecified atom stereocenters. The minimum Gasteiger partial charge on any atom is -0.279 e. The average Bonchev–Trinajstić information content (AvgIpc) is 2.47. The van der Waals surface area contributed by atoms with Crippen molar-refractivity contribution in [2.75, 3.05) is 6.54 Å². The van der Waals surface area contributed by atoms with E-state index in [1.807, 2.05) is 6.20 Å². The van der Waals surface area contributed by atoms with E-state index >= 15 is 0 Å². The van der Waals surface area contributed by atoms with Gasteiger partial charge >= 0.3 is 0 Å². The highest BCUT2D eigenvalue weighted by Crippen LogP contribution is 2.17. The number of hydrogen-bond donors (Lipinski definition) is 0. The van der Waals surface area contributed by atoms with Gasteiger partial charge in [-0.25, -0.2) is 0 Å². The SMILES string of the molecule is CC(C)(C)c1cc2c(cn1)=NCC=2. The molecular weight excluding hydrogens is 160 g/mol. The van der Waals surface area contributed by atoms with E-state index in [1.54, 1.807) is 0 Å². The van der Waals surface area contributed by atoms with Gasteiger partial charge in [0.25, 0.3) is 0 Å². The van der Waals surface area contributed by atoms with Crippen LogP contribution in [0.3, 0.4) is 0 Å². The number of rotatable bonds is 0.